The summed E-state index contributed by atoms with van der Waals surface area (Å²) in [6.07, 6.45) is 1.16. The Balaban J connectivity index is 3.14. The number of anilines is 1. The first-order valence-corrected chi connectivity index (χ1v) is 7.58. The molecule has 1 rings (SSSR count). The van der Waals surface area contributed by atoms with Gasteiger partial charge in [0.25, 0.3) is 0 Å². The zero-order chi connectivity index (χ0) is 13.8. The van der Waals surface area contributed by atoms with Gasteiger partial charge < -0.3 is 9.47 Å². The Hall–Kier alpha value is -1.43. The summed E-state index contributed by atoms with van der Waals surface area (Å²) in [6, 6.07) is 5.07. The van der Waals surface area contributed by atoms with Crippen LogP contribution in [0.3, 0.4) is 0 Å². The lowest BCUT2D eigenvalue weighted by Gasteiger charge is -2.19. The summed E-state index contributed by atoms with van der Waals surface area (Å²) in [4.78, 5) is 0. The lowest BCUT2D eigenvalue weighted by molar-refractivity contribution is 0.288. The lowest BCUT2D eigenvalue weighted by Crippen LogP contribution is -2.24. The summed E-state index contributed by atoms with van der Waals surface area (Å²) in [5.74, 6) is 1.16. The van der Waals surface area contributed by atoms with Crippen LogP contribution in [-0.4, -0.2) is 34.9 Å². The first kappa shape index (κ1) is 14.6. The third-order valence-electron chi connectivity index (χ3n) is 2.39. The van der Waals surface area contributed by atoms with E-state index in [0.717, 1.165) is 6.26 Å². The maximum absolute atomic E-state index is 11.5. The van der Waals surface area contributed by atoms with Crippen molar-refractivity contribution in [3.63, 3.8) is 0 Å². The summed E-state index contributed by atoms with van der Waals surface area (Å²) < 4.78 is 35.0. The maximum atomic E-state index is 11.5. The fraction of sp³-hybridized carbons (Fsp3) is 0.500. The molecule has 1 aromatic rings. The van der Waals surface area contributed by atoms with Gasteiger partial charge in [-0.2, -0.15) is 0 Å². The first-order valence-electron chi connectivity index (χ1n) is 5.73. The number of sulfonamides is 1. The molecule has 0 fully saturated rings. The van der Waals surface area contributed by atoms with Crippen LogP contribution >= 0.6 is 0 Å². The van der Waals surface area contributed by atoms with Crippen LogP contribution in [-0.2, 0) is 10.0 Å². The highest BCUT2D eigenvalue weighted by Crippen LogP contribution is 2.32. The van der Waals surface area contributed by atoms with E-state index in [1.54, 1.807) is 18.2 Å². The Morgan fingerprint density at radius 1 is 1.11 bits per heavy atom. The average Bonchev–Trinajstić information content (AvgIpc) is 2.30. The smallest absolute Gasteiger partial charge is 0.231 e. The summed E-state index contributed by atoms with van der Waals surface area (Å²) in [5.41, 5.74) is 0.546. The van der Waals surface area contributed by atoms with Crippen LogP contribution in [0.1, 0.15) is 13.8 Å². The van der Waals surface area contributed by atoms with Crippen LogP contribution < -0.4 is 13.8 Å². The van der Waals surface area contributed by atoms with Gasteiger partial charge in [0, 0.05) is 13.1 Å². The second-order valence-corrected chi connectivity index (χ2v) is 5.74. The predicted molar refractivity (Wildman–Crippen MR) is 72.0 cm³/mol. The van der Waals surface area contributed by atoms with Crippen LogP contribution in [0, 0.1) is 0 Å². The van der Waals surface area contributed by atoms with Crippen LogP contribution in [0.4, 0.5) is 5.69 Å². The van der Waals surface area contributed by atoms with E-state index in [0.29, 0.717) is 30.4 Å². The molecule has 0 radical (unpaired) electrons. The van der Waals surface area contributed by atoms with Gasteiger partial charge in [0.05, 0.1) is 25.2 Å². The van der Waals surface area contributed by atoms with Crippen LogP contribution in [0.15, 0.2) is 18.2 Å². The monoisotopic (exact) mass is 273 g/mol. The summed E-state index contributed by atoms with van der Waals surface area (Å²) in [5, 5.41) is 0. The molecule has 6 heteroatoms. The molecule has 0 atom stereocenters. The van der Waals surface area contributed by atoms with Crippen molar-refractivity contribution in [2.75, 3.05) is 30.8 Å². The highest BCUT2D eigenvalue weighted by atomic mass is 32.2. The fourth-order valence-corrected chi connectivity index (χ4v) is 1.92. The zero-order valence-electron chi connectivity index (χ0n) is 11.1. The Kier molecular flexibility index (Phi) is 4.84. The van der Waals surface area contributed by atoms with E-state index in [1.165, 1.54) is 11.4 Å². The summed E-state index contributed by atoms with van der Waals surface area (Å²) in [6.45, 7) is 4.77. The number of nitrogens with zero attached hydrogens (tertiary/aromatic N) is 1. The molecule has 0 unspecified atom stereocenters. The zero-order valence-corrected chi connectivity index (χ0v) is 12.0. The van der Waals surface area contributed by atoms with E-state index in [9.17, 15) is 8.42 Å². The number of hydrogen-bond acceptors (Lipinski definition) is 4. The molecular formula is C12H19NO4S. The first-order chi connectivity index (χ1) is 8.40. The van der Waals surface area contributed by atoms with Gasteiger partial charge in [-0.3, -0.25) is 4.31 Å². The number of rotatable bonds is 6. The van der Waals surface area contributed by atoms with E-state index in [4.69, 9.17) is 9.47 Å². The minimum Gasteiger partial charge on any atom is -0.490 e. The van der Waals surface area contributed by atoms with E-state index < -0.39 is 10.0 Å². The molecule has 0 aliphatic heterocycles. The Bertz CT molecular complexity index is 499. The molecule has 5 nitrogen and oxygen atoms in total. The van der Waals surface area contributed by atoms with Crippen LogP contribution in [0.25, 0.3) is 0 Å². The van der Waals surface area contributed by atoms with Crippen molar-refractivity contribution in [3.05, 3.63) is 18.2 Å². The maximum Gasteiger partial charge on any atom is 0.231 e. The Morgan fingerprint density at radius 3 is 2.17 bits per heavy atom. The third kappa shape index (κ3) is 3.53. The van der Waals surface area contributed by atoms with Crippen molar-refractivity contribution >= 4 is 15.7 Å². The van der Waals surface area contributed by atoms with E-state index in [-0.39, 0.29) is 0 Å². The van der Waals surface area contributed by atoms with Gasteiger partial charge in [0.2, 0.25) is 10.0 Å². The van der Waals surface area contributed by atoms with E-state index >= 15 is 0 Å². The van der Waals surface area contributed by atoms with Crippen LogP contribution in [0.2, 0.25) is 0 Å². The van der Waals surface area contributed by atoms with E-state index in [2.05, 4.69) is 0 Å². The lowest BCUT2D eigenvalue weighted by atomic mass is 10.3. The highest BCUT2D eigenvalue weighted by Gasteiger charge is 2.14. The molecule has 0 heterocycles. The van der Waals surface area contributed by atoms with E-state index in [1.807, 2.05) is 13.8 Å². The molecule has 0 amide bonds. The summed E-state index contributed by atoms with van der Waals surface area (Å²) >= 11 is 0. The van der Waals surface area contributed by atoms with Crippen molar-refractivity contribution in [1.29, 1.82) is 0 Å². The van der Waals surface area contributed by atoms with Crippen molar-refractivity contribution in [2.24, 2.45) is 0 Å². The molecule has 0 saturated heterocycles. The minimum atomic E-state index is -3.28. The van der Waals surface area contributed by atoms with Gasteiger partial charge in [-0.15, -0.1) is 0 Å². The largest absolute Gasteiger partial charge is 0.490 e. The quantitative estimate of drug-likeness (QED) is 0.794. The molecule has 0 saturated carbocycles. The highest BCUT2D eigenvalue weighted by molar-refractivity contribution is 7.92. The Morgan fingerprint density at radius 2 is 1.67 bits per heavy atom. The normalized spacial score (nSPS) is 11.1. The molecule has 0 aliphatic rings. The van der Waals surface area contributed by atoms with Gasteiger partial charge in [-0.25, -0.2) is 8.42 Å². The van der Waals surface area contributed by atoms with Gasteiger partial charge in [-0.05, 0) is 26.0 Å². The van der Waals surface area contributed by atoms with Crippen molar-refractivity contribution < 1.29 is 17.9 Å². The molecule has 0 N–H and O–H groups in total. The van der Waals surface area contributed by atoms with Crippen molar-refractivity contribution in [3.8, 4) is 11.5 Å². The molecule has 0 spiro atoms. The third-order valence-corrected chi connectivity index (χ3v) is 3.59. The predicted octanol–water partition coefficient (Wildman–Crippen LogP) is 1.88. The van der Waals surface area contributed by atoms with Crippen molar-refractivity contribution in [1.82, 2.24) is 0 Å². The average molecular weight is 273 g/mol. The topological polar surface area (TPSA) is 55.8 Å². The van der Waals surface area contributed by atoms with Crippen LogP contribution in [0.5, 0.6) is 11.5 Å². The molecule has 0 aliphatic carbocycles. The minimum absolute atomic E-state index is 0.492. The molecule has 0 bridgehead atoms. The van der Waals surface area contributed by atoms with Gasteiger partial charge in [0.1, 0.15) is 0 Å². The SMILES string of the molecule is CCOc1ccc(N(C)S(C)(=O)=O)cc1OCC. The second kappa shape index (κ2) is 5.95. The number of benzene rings is 1. The van der Waals surface area contributed by atoms with Crippen molar-refractivity contribution in [2.45, 2.75) is 13.8 Å². The van der Waals surface area contributed by atoms with Gasteiger partial charge in [-0.1, -0.05) is 0 Å². The number of ether oxygens (including phenoxy) is 2. The number of hydrogen-bond donors (Lipinski definition) is 0. The van der Waals surface area contributed by atoms with Gasteiger partial charge in [0.15, 0.2) is 11.5 Å². The van der Waals surface area contributed by atoms with Gasteiger partial charge >= 0.3 is 0 Å². The molecular weight excluding hydrogens is 254 g/mol. The Labute approximate surface area is 108 Å². The standard InChI is InChI=1S/C12H19NO4S/c1-5-16-11-8-7-10(9-12(11)17-6-2)13(3)18(4,14)15/h7-9H,5-6H2,1-4H3. The molecule has 18 heavy (non-hydrogen) atoms. The second-order valence-electron chi connectivity index (χ2n) is 3.73. The molecule has 1 aromatic carbocycles. The fourth-order valence-electron chi connectivity index (χ4n) is 1.43. The summed E-state index contributed by atoms with van der Waals surface area (Å²) in [7, 11) is -1.78. The molecule has 0 aromatic heterocycles. The molecule has 102 valence electrons.